The van der Waals surface area contributed by atoms with E-state index in [4.69, 9.17) is 14.2 Å². The average molecular weight is 377 g/mol. The summed E-state index contributed by atoms with van der Waals surface area (Å²) in [5.74, 6) is 1.92. The van der Waals surface area contributed by atoms with E-state index in [0.717, 1.165) is 22.3 Å². The van der Waals surface area contributed by atoms with Crippen LogP contribution in [0.25, 0.3) is 11.2 Å². The lowest BCUT2D eigenvalue weighted by Gasteiger charge is -2.27. The first-order valence-corrected chi connectivity index (χ1v) is 8.96. The number of hydrogen-bond acceptors (Lipinski definition) is 6. The van der Waals surface area contributed by atoms with Crippen molar-refractivity contribution in [1.29, 1.82) is 0 Å². The zero-order chi connectivity index (χ0) is 19.1. The molecule has 1 aliphatic rings. The number of rotatable bonds is 4. The molecule has 28 heavy (non-hydrogen) atoms. The number of ether oxygens (including phenoxy) is 3. The molecule has 1 atom stereocenters. The van der Waals surface area contributed by atoms with Crippen LogP contribution in [0.15, 0.2) is 49.2 Å². The van der Waals surface area contributed by atoms with Gasteiger partial charge in [-0.05, 0) is 29.8 Å². The standard InChI is InChI=1S/C20H19N5O3/c1-24-10-14(8-23-24)18-11-27-17-7-13(6-16(26-2)19(17)28-18)9-25-12-22-15-4-3-5-21-20(15)25/h3-8,10,12,18H,9,11H2,1-2H3. The summed E-state index contributed by atoms with van der Waals surface area (Å²) >= 11 is 0. The van der Waals surface area contributed by atoms with Crippen molar-refractivity contribution in [3.8, 4) is 17.2 Å². The van der Waals surface area contributed by atoms with Crippen LogP contribution in [0.1, 0.15) is 17.2 Å². The number of pyridine rings is 1. The fourth-order valence-electron chi connectivity index (χ4n) is 3.42. The summed E-state index contributed by atoms with van der Waals surface area (Å²) in [5.41, 5.74) is 3.69. The molecule has 142 valence electrons. The van der Waals surface area contributed by atoms with Gasteiger partial charge in [0.05, 0.1) is 26.2 Å². The van der Waals surface area contributed by atoms with Gasteiger partial charge in [0.15, 0.2) is 23.3 Å². The number of fused-ring (bicyclic) bond motifs is 2. The van der Waals surface area contributed by atoms with Crippen LogP contribution < -0.4 is 14.2 Å². The van der Waals surface area contributed by atoms with Gasteiger partial charge in [0, 0.05) is 25.0 Å². The molecule has 3 aromatic heterocycles. The number of hydrogen-bond donors (Lipinski definition) is 0. The van der Waals surface area contributed by atoms with Gasteiger partial charge in [-0.2, -0.15) is 5.10 Å². The molecule has 5 rings (SSSR count). The van der Waals surface area contributed by atoms with E-state index in [2.05, 4.69) is 15.1 Å². The maximum absolute atomic E-state index is 6.18. The first kappa shape index (κ1) is 16.6. The molecule has 0 radical (unpaired) electrons. The number of aryl methyl sites for hydroxylation is 1. The Kier molecular flexibility index (Phi) is 3.89. The molecule has 8 heteroatoms. The molecule has 1 unspecified atom stereocenters. The molecule has 8 nitrogen and oxygen atoms in total. The van der Waals surface area contributed by atoms with Gasteiger partial charge in [-0.1, -0.05) is 0 Å². The first-order chi connectivity index (χ1) is 13.7. The number of methoxy groups -OCH3 is 1. The van der Waals surface area contributed by atoms with E-state index in [1.165, 1.54) is 0 Å². The Morgan fingerprint density at radius 3 is 3.04 bits per heavy atom. The molecule has 0 bridgehead atoms. The molecule has 0 saturated carbocycles. The summed E-state index contributed by atoms with van der Waals surface area (Å²) in [4.78, 5) is 8.81. The van der Waals surface area contributed by atoms with Gasteiger partial charge >= 0.3 is 0 Å². The summed E-state index contributed by atoms with van der Waals surface area (Å²) in [6.07, 6.45) is 7.06. The minimum Gasteiger partial charge on any atom is -0.493 e. The van der Waals surface area contributed by atoms with Crippen molar-refractivity contribution < 1.29 is 14.2 Å². The third kappa shape index (κ3) is 2.83. The number of nitrogens with zero attached hydrogens (tertiary/aromatic N) is 5. The predicted molar refractivity (Wildman–Crippen MR) is 102 cm³/mol. The van der Waals surface area contributed by atoms with Crippen molar-refractivity contribution in [2.45, 2.75) is 12.6 Å². The highest BCUT2D eigenvalue weighted by molar-refractivity contribution is 5.70. The van der Waals surface area contributed by atoms with Crippen LogP contribution in [-0.4, -0.2) is 38.0 Å². The Balaban J connectivity index is 1.46. The topological polar surface area (TPSA) is 76.2 Å². The molecule has 4 aromatic rings. The van der Waals surface area contributed by atoms with Crippen LogP contribution in [0.5, 0.6) is 17.2 Å². The lowest BCUT2D eigenvalue weighted by atomic mass is 10.1. The van der Waals surface area contributed by atoms with Gasteiger partial charge in [-0.15, -0.1) is 0 Å². The van der Waals surface area contributed by atoms with Crippen molar-refractivity contribution in [3.05, 3.63) is 60.3 Å². The second-order valence-electron chi connectivity index (χ2n) is 6.71. The van der Waals surface area contributed by atoms with Gasteiger partial charge < -0.3 is 18.8 Å². The van der Waals surface area contributed by atoms with Crippen LogP contribution in [0.2, 0.25) is 0 Å². The number of aromatic nitrogens is 5. The highest BCUT2D eigenvalue weighted by Crippen LogP contribution is 2.44. The van der Waals surface area contributed by atoms with Crippen molar-refractivity contribution >= 4 is 11.2 Å². The lowest BCUT2D eigenvalue weighted by molar-refractivity contribution is 0.0869. The predicted octanol–water partition coefficient (Wildman–Crippen LogP) is 2.73. The Hall–Kier alpha value is -3.55. The maximum Gasteiger partial charge on any atom is 0.204 e. The van der Waals surface area contributed by atoms with Gasteiger partial charge in [0.2, 0.25) is 5.75 Å². The van der Waals surface area contributed by atoms with E-state index in [-0.39, 0.29) is 6.10 Å². The smallest absolute Gasteiger partial charge is 0.204 e. The molecular weight excluding hydrogens is 358 g/mol. The van der Waals surface area contributed by atoms with E-state index in [1.807, 2.05) is 42.1 Å². The normalized spacial score (nSPS) is 15.7. The van der Waals surface area contributed by atoms with Crippen LogP contribution in [-0.2, 0) is 13.6 Å². The molecule has 0 aliphatic carbocycles. The second-order valence-corrected chi connectivity index (χ2v) is 6.71. The molecule has 1 aliphatic heterocycles. The fourth-order valence-corrected chi connectivity index (χ4v) is 3.42. The quantitative estimate of drug-likeness (QED) is 0.544. The van der Waals surface area contributed by atoms with Crippen molar-refractivity contribution in [2.24, 2.45) is 7.05 Å². The van der Waals surface area contributed by atoms with Gasteiger partial charge in [0.1, 0.15) is 12.1 Å². The summed E-state index contributed by atoms with van der Waals surface area (Å²) in [5, 5.41) is 4.21. The van der Waals surface area contributed by atoms with E-state index < -0.39 is 0 Å². The molecule has 4 heterocycles. The minimum atomic E-state index is -0.220. The average Bonchev–Trinajstić information content (AvgIpc) is 3.34. The monoisotopic (exact) mass is 377 g/mol. The molecule has 0 fully saturated rings. The summed E-state index contributed by atoms with van der Waals surface area (Å²) in [6, 6.07) is 7.77. The minimum absolute atomic E-state index is 0.220. The van der Waals surface area contributed by atoms with Crippen molar-refractivity contribution in [2.75, 3.05) is 13.7 Å². The summed E-state index contributed by atoms with van der Waals surface area (Å²) in [7, 11) is 3.51. The van der Waals surface area contributed by atoms with Gasteiger partial charge in [-0.3, -0.25) is 4.68 Å². The van der Waals surface area contributed by atoms with Crippen LogP contribution in [0.3, 0.4) is 0 Å². The highest BCUT2D eigenvalue weighted by Gasteiger charge is 2.27. The zero-order valence-corrected chi connectivity index (χ0v) is 15.6. The first-order valence-electron chi connectivity index (χ1n) is 8.96. The Morgan fingerprint density at radius 2 is 2.21 bits per heavy atom. The van der Waals surface area contributed by atoms with E-state index in [0.29, 0.717) is 30.4 Å². The van der Waals surface area contributed by atoms with E-state index >= 15 is 0 Å². The summed E-state index contributed by atoms with van der Waals surface area (Å²) < 4.78 is 21.5. The molecule has 1 aromatic carbocycles. The summed E-state index contributed by atoms with van der Waals surface area (Å²) in [6.45, 7) is 1.02. The lowest BCUT2D eigenvalue weighted by Crippen LogP contribution is -2.22. The van der Waals surface area contributed by atoms with Crippen molar-refractivity contribution in [3.63, 3.8) is 0 Å². The van der Waals surface area contributed by atoms with Crippen LogP contribution in [0.4, 0.5) is 0 Å². The van der Waals surface area contributed by atoms with Gasteiger partial charge in [0.25, 0.3) is 0 Å². The van der Waals surface area contributed by atoms with Crippen LogP contribution >= 0.6 is 0 Å². The second kappa shape index (κ2) is 6.56. The fraction of sp³-hybridized carbons (Fsp3) is 0.250. The zero-order valence-electron chi connectivity index (χ0n) is 15.6. The SMILES string of the molecule is COc1cc(Cn2cnc3cccnc32)cc2c1OC(c1cnn(C)c1)CO2. The Labute approximate surface area is 161 Å². The molecule has 0 saturated heterocycles. The molecular formula is C20H19N5O3. The largest absolute Gasteiger partial charge is 0.493 e. The van der Waals surface area contributed by atoms with Crippen LogP contribution in [0, 0.1) is 0 Å². The molecule has 0 N–H and O–H groups in total. The number of benzene rings is 1. The van der Waals surface area contributed by atoms with E-state index in [9.17, 15) is 0 Å². The molecule has 0 spiro atoms. The maximum atomic E-state index is 6.18. The molecule has 0 amide bonds. The third-order valence-corrected chi connectivity index (χ3v) is 4.77. The Bertz CT molecular complexity index is 1130. The third-order valence-electron chi connectivity index (χ3n) is 4.77. The Morgan fingerprint density at radius 1 is 1.29 bits per heavy atom. The van der Waals surface area contributed by atoms with E-state index in [1.54, 1.807) is 30.5 Å². The highest BCUT2D eigenvalue weighted by atomic mass is 16.6. The van der Waals surface area contributed by atoms with Gasteiger partial charge in [-0.25, -0.2) is 9.97 Å². The number of imidazole rings is 1. The van der Waals surface area contributed by atoms with Crippen molar-refractivity contribution in [1.82, 2.24) is 24.3 Å².